The second-order valence-electron chi connectivity index (χ2n) is 4.50. The minimum Gasteiger partial charge on any atom is -0.316 e. The van der Waals surface area contributed by atoms with Crippen LogP contribution in [-0.4, -0.2) is 38.9 Å². The predicted molar refractivity (Wildman–Crippen MR) is 72.4 cm³/mol. The number of rotatable bonds is 3. The summed E-state index contributed by atoms with van der Waals surface area (Å²) in [6, 6.07) is 5.23. The van der Waals surface area contributed by atoms with Gasteiger partial charge in [0.2, 0.25) is 10.0 Å². The van der Waals surface area contributed by atoms with Gasteiger partial charge in [-0.1, -0.05) is 17.7 Å². The van der Waals surface area contributed by atoms with E-state index in [-0.39, 0.29) is 6.04 Å². The maximum absolute atomic E-state index is 12.5. The third-order valence-corrected chi connectivity index (χ3v) is 5.81. The van der Waals surface area contributed by atoms with Crippen LogP contribution in [0.4, 0.5) is 0 Å². The molecule has 0 aromatic heterocycles. The molecule has 1 fully saturated rings. The van der Waals surface area contributed by atoms with Crippen molar-refractivity contribution in [1.29, 1.82) is 0 Å². The molecular weight excluding hydrogens is 272 g/mol. The van der Waals surface area contributed by atoms with E-state index < -0.39 is 10.0 Å². The van der Waals surface area contributed by atoms with Crippen molar-refractivity contribution in [2.75, 3.05) is 20.1 Å². The molecule has 0 radical (unpaired) electrons. The first-order chi connectivity index (χ1) is 8.46. The second kappa shape index (κ2) is 5.17. The third kappa shape index (κ3) is 2.40. The lowest BCUT2D eigenvalue weighted by Crippen LogP contribution is -2.33. The Morgan fingerprint density at radius 1 is 1.44 bits per heavy atom. The maximum atomic E-state index is 12.5. The van der Waals surface area contributed by atoms with Crippen molar-refractivity contribution in [3.05, 3.63) is 28.8 Å². The third-order valence-electron chi connectivity index (χ3n) is 3.40. The van der Waals surface area contributed by atoms with Crippen molar-refractivity contribution in [3.8, 4) is 0 Å². The highest BCUT2D eigenvalue weighted by Crippen LogP contribution is 2.27. The number of nitrogens with one attached hydrogen (secondary N) is 1. The molecule has 100 valence electrons. The monoisotopic (exact) mass is 288 g/mol. The Morgan fingerprint density at radius 2 is 2.17 bits per heavy atom. The number of likely N-dealkylation sites (N-methyl/N-ethyl adjacent to an activating group) is 1. The van der Waals surface area contributed by atoms with Gasteiger partial charge in [0, 0.05) is 24.2 Å². The minimum absolute atomic E-state index is 0.235. The molecule has 1 aliphatic heterocycles. The van der Waals surface area contributed by atoms with E-state index in [1.165, 1.54) is 4.31 Å². The van der Waals surface area contributed by atoms with E-state index >= 15 is 0 Å². The molecule has 4 nitrogen and oxygen atoms in total. The van der Waals surface area contributed by atoms with Gasteiger partial charge in [-0.15, -0.1) is 0 Å². The Labute approximate surface area is 113 Å². The van der Waals surface area contributed by atoms with Crippen LogP contribution in [0, 0.1) is 6.92 Å². The molecule has 0 amide bonds. The lowest BCUT2D eigenvalue weighted by molar-refractivity contribution is 0.464. The summed E-state index contributed by atoms with van der Waals surface area (Å²) in [5, 5.41) is 3.60. The molecular formula is C12H17ClN2O2S. The van der Waals surface area contributed by atoms with Crippen molar-refractivity contribution in [2.45, 2.75) is 24.3 Å². The molecule has 1 aliphatic rings. The summed E-state index contributed by atoms with van der Waals surface area (Å²) >= 11 is 5.99. The average Bonchev–Trinajstić information content (AvgIpc) is 2.81. The lowest BCUT2D eigenvalue weighted by atomic mass is 10.2. The van der Waals surface area contributed by atoms with Crippen LogP contribution in [0.5, 0.6) is 0 Å². The molecule has 1 unspecified atom stereocenters. The van der Waals surface area contributed by atoms with E-state index in [9.17, 15) is 8.42 Å². The van der Waals surface area contributed by atoms with Crippen LogP contribution in [0.25, 0.3) is 0 Å². The highest BCUT2D eigenvalue weighted by molar-refractivity contribution is 7.89. The summed E-state index contributed by atoms with van der Waals surface area (Å²) < 4.78 is 26.5. The van der Waals surface area contributed by atoms with E-state index in [2.05, 4.69) is 5.32 Å². The zero-order valence-electron chi connectivity index (χ0n) is 10.5. The Bertz CT molecular complexity index is 545. The minimum atomic E-state index is -3.43. The van der Waals surface area contributed by atoms with Gasteiger partial charge in [-0.25, -0.2) is 8.42 Å². The van der Waals surface area contributed by atoms with Crippen molar-refractivity contribution >= 4 is 21.6 Å². The first kappa shape index (κ1) is 13.8. The van der Waals surface area contributed by atoms with Crippen molar-refractivity contribution < 1.29 is 8.42 Å². The Kier molecular flexibility index (Phi) is 3.96. The highest BCUT2D eigenvalue weighted by Gasteiger charge is 2.32. The molecule has 0 spiro atoms. The molecule has 1 aromatic carbocycles. The molecule has 6 heteroatoms. The summed E-state index contributed by atoms with van der Waals surface area (Å²) in [4.78, 5) is 0.312. The first-order valence-electron chi connectivity index (χ1n) is 5.89. The maximum Gasteiger partial charge on any atom is 0.243 e. The van der Waals surface area contributed by atoms with E-state index in [0.29, 0.717) is 28.6 Å². The van der Waals surface area contributed by atoms with Crippen LogP contribution in [-0.2, 0) is 10.0 Å². The van der Waals surface area contributed by atoms with Gasteiger partial charge in [-0.05, 0) is 38.1 Å². The first-order valence-corrected chi connectivity index (χ1v) is 7.71. The van der Waals surface area contributed by atoms with Gasteiger partial charge in [0.05, 0.1) is 4.90 Å². The standard InChI is InChI=1S/C12H17ClN2O2S/c1-9-11(13)4-3-5-12(9)18(16,17)15-7-6-10(8-15)14-2/h3-5,10,14H,6-8H2,1-2H3. The van der Waals surface area contributed by atoms with Crippen LogP contribution in [0.1, 0.15) is 12.0 Å². The van der Waals surface area contributed by atoms with E-state index in [4.69, 9.17) is 11.6 Å². The largest absolute Gasteiger partial charge is 0.316 e. The molecule has 0 aliphatic carbocycles. The second-order valence-corrected chi connectivity index (χ2v) is 6.81. The highest BCUT2D eigenvalue weighted by atomic mass is 35.5. The quantitative estimate of drug-likeness (QED) is 0.920. The normalized spacial score (nSPS) is 21.4. The summed E-state index contributed by atoms with van der Waals surface area (Å²) in [5.41, 5.74) is 0.618. The molecule has 2 rings (SSSR count). The smallest absolute Gasteiger partial charge is 0.243 e. The fourth-order valence-corrected chi connectivity index (χ4v) is 4.17. The van der Waals surface area contributed by atoms with Crippen molar-refractivity contribution in [1.82, 2.24) is 9.62 Å². The fraction of sp³-hybridized carbons (Fsp3) is 0.500. The molecule has 1 heterocycles. The fourth-order valence-electron chi connectivity index (χ4n) is 2.19. The number of nitrogens with zero attached hydrogens (tertiary/aromatic N) is 1. The van der Waals surface area contributed by atoms with Crippen LogP contribution in [0.3, 0.4) is 0 Å². The van der Waals surface area contributed by atoms with Crippen LogP contribution in [0.15, 0.2) is 23.1 Å². The van der Waals surface area contributed by atoms with E-state index in [1.807, 2.05) is 7.05 Å². The van der Waals surface area contributed by atoms with Gasteiger partial charge in [-0.3, -0.25) is 0 Å². The van der Waals surface area contributed by atoms with Crippen molar-refractivity contribution in [3.63, 3.8) is 0 Å². The summed E-state index contributed by atoms with van der Waals surface area (Å²) in [6.45, 7) is 2.81. The number of halogens is 1. The predicted octanol–water partition coefficient (Wildman–Crippen LogP) is 1.63. The molecule has 18 heavy (non-hydrogen) atoms. The summed E-state index contributed by atoms with van der Waals surface area (Å²) in [6.07, 6.45) is 0.843. The molecule has 0 saturated carbocycles. The molecule has 1 saturated heterocycles. The van der Waals surface area contributed by atoms with E-state index in [1.54, 1.807) is 25.1 Å². The molecule has 0 bridgehead atoms. The molecule has 1 aromatic rings. The van der Waals surface area contributed by atoms with Gasteiger partial charge in [0.1, 0.15) is 0 Å². The SMILES string of the molecule is CNC1CCN(S(=O)(=O)c2cccc(Cl)c2C)C1. The van der Waals surface area contributed by atoms with Gasteiger partial charge in [0.25, 0.3) is 0 Å². The number of sulfonamides is 1. The Morgan fingerprint density at radius 3 is 2.78 bits per heavy atom. The average molecular weight is 289 g/mol. The van der Waals surface area contributed by atoms with Gasteiger partial charge < -0.3 is 5.32 Å². The van der Waals surface area contributed by atoms with Crippen LogP contribution < -0.4 is 5.32 Å². The molecule has 1 atom stereocenters. The van der Waals surface area contributed by atoms with E-state index in [0.717, 1.165) is 6.42 Å². The summed E-state index contributed by atoms with van der Waals surface area (Å²) in [5.74, 6) is 0. The summed E-state index contributed by atoms with van der Waals surface area (Å²) in [7, 11) is -1.57. The number of hydrogen-bond donors (Lipinski definition) is 1. The number of hydrogen-bond acceptors (Lipinski definition) is 3. The Balaban J connectivity index is 2.35. The van der Waals surface area contributed by atoms with Crippen molar-refractivity contribution in [2.24, 2.45) is 0 Å². The molecule has 1 N–H and O–H groups in total. The van der Waals surface area contributed by atoms with Gasteiger partial charge in [-0.2, -0.15) is 4.31 Å². The van der Waals surface area contributed by atoms with Gasteiger partial charge >= 0.3 is 0 Å². The topological polar surface area (TPSA) is 49.4 Å². The Hall–Kier alpha value is -0.620. The van der Waals surface area contributed by atoms with Crippen LogP contribution >= 0.6 is 11.6 Å². The zero-order valence-corrected chi connectivity index (χ0v) is 12.1. The lowest BCUT2D eigenvalue weighted by Gasteiger charge is -2.18. The van der Waals surface area contributed by atoms with Gasteiger partial charge in [0.15, 0.2) is 0 Å². The zero-order chi connectivity index (χ0) is 13.3. The van der Waals surface area contributed by atoms with Crippen LogP contribution in [0.2, 0.25) is 5.02 Å². The number of benzene rings is 1.